The fourth-order valence-corrected chi connectivity index (χ4v) is 2.01. The third-order valence-electron chi connectivity index (χ3n) is 2.74. The Morgan fingerprint density at radius 1 is 1.35 bits per heavy atom. The molecule has 0 amide bonds. The van der Waals surface area contributed by atoms with Crippen LogP contribution >= 0.6 is 15.9 Å². The van der Waals surface area contributed by atoms with Gasteiger partial charge in [-0.3, -0.25) is 0 Å². The summed E-state index contributed by atoms with van der Waals surface area (Å²) < 4.78 is 0.989. The zero-order chi connectivity index (χ0) is 12.9. The van der Waals surface area contributed by atoms with Gasteiger partial charge in [0.25, 0.3) is 0 Å². The van der Waals surface area contributed by atoms with Gasteiger partial charge < -0.3 is 15.5 Å². The predicted molar refractivity (Wildman–Crippen MR) is 73.0 cm³/mol. The zero-order valence-electron chi connectivity index (χ0n) is 10.3. The smallest absolute Gasteiger partial charge is 0.115 e. The van der Waals surface area contributed by atoms with Gasteiger partial charge in [-0.2, -0.15) is 0 Å². The fourth-order valence-electron chi connectivity index (χ4n) is 1.62. The van der Waals surface area contributed by atoms with Gasteiger partial charge in [0.15, 0.2) is 0 Å². The Morgan fingerprint density at radius 3 is 2.71 bits per heavy atom. The summed E-state index contributed by atoms with van der Waals surface area (Å²) in [7, 11) is 0. The monoisotopic (exact) mass is 301 g/mol. The Balaban J connectivity index is 2.48. The van der Waals surface area contributed by atoms with E-state index in [1.54, 1.807) is 12.1 Å². The molecule has 0 aliphatic heterocycles. The summed E-state index contributed by atoms with van der Waals surface area (Å²) in [5, 5.41) is 21.7. The number of rotatable bonds is 6. The molecule has 0 aliphatic carbocycles. The molecule has 0 aliphatic rings. The van der Waals surface area contributed by atoms with Gasteiger partial charge in [-0.25, -0.2) is 0 Å². The van der Waals surface area contributed by atoms with Crippen LogP contribution in [0.25, 0.3) is 0 Å². The molecular weight excluding hydrogens is 282 g/mol. The third kappa shape index (κ3) is 5.06. The van der Waals surface area contributed by atoms with Crippen molar-refractivity contribution in [2.45, 2.75) is 26.8 Å². The molecule has 0 bridgehead atoms. The molecular formula is C13H20BrNO2. The second-order valence-electron chi connectivity index (χ2n) is 5.02. The Labute approximate surface area is 111 Å². The minimum Gasteiger partial charge on any atom is -0.508 e. The van der Waals surface area contributed by atoms with Crippen LogP contribution < -0.4 is 5.32 Å². The highest BCUT2D eigenvalue weighted by atomic mass is 79.9. The van der Waals surface area contributed by atoms with E-state index in [0.29, 0.717) is 6.54 Å². The molecule has 1 aromatic rings. The van der Waals surface area contributed by atoms with E-state index in [1.165, 1.54) is 0 Å². The molecule has 0 saturated carbocycles. The van der Waals surface area contributed by atoms with Crippen LogP contribution in [0.3, 0.4) is 0 Å². The lowest BCUT2D eigenvalue weighted by molar-refractivity contribution is 0.207. The summed E-state index contributed by atoms with van der Waals surface area (Å²) in [6.45, 7) is 5.98. The highest BCUT2D eigenvalue weighted by Crippen LogP contribution is 2.22. The van der Waals surface area contributed by atoms with E-state index in [1.807, 2.05) is 6.07 Å². The summed E-state index contributed by atoms with van der Waals surface area (Å²) in [4.78, 5) is 0. The standard InChI is InChI=1S/C13H20BrNO2/c1-13(2,5-6-16)9-15-8-10-7-11(17)3-4-12(10)14/h3-4,7,15-17H,5-6,8-9H2,1-2H3. The molecule has 0 aromatic heterocycles. The molecule has 0 unspecified atom stereocenters. The van der Waals surface area contributed by atoms with Crippen LogP contribution in [0.15, 0.2) is 22.7 Å². The van der Waals surface area contributed by atoms with Crippen LogP contribution in [0.1, 0.15) is 25.8 Å². The minimum absolute atomic E-state index is 0.0814. The molecule has 17 heavy (non-hydrogen) atoms. The first kappa shape index (κ1) is 14.5. The molecule has 96 valence electrons. The number of halogens is 1. The first-order valence-electron chi connectivity index (χ1n) is 5.73. The summed E-state index contributed by atoms with van der Waals surface area (Å²) in [6, 6.07) is 5.24. The summed E-state index contributed by atoms with van der Waals surface area (Å²) in [6.07, 6.45) is 0.779. The topological polar surface area (TPSA) is 52.5 Å². The Hall–Kier alpha value is -0.580. The van der Waals surface area contributed by atoms with E-state index in [9.17, 15) is 5.11 Å². The van der Waals surface area contributed by atoms with Crippen molar-refractivity contribution in [2.24, 2.45) is 5.41 Å². The highest BCUT2D eigenvalue weighted by molar-refractivity contribution is 9.10. The van der Waals surface area contributed by atoms with Gasteiger partial charge in [0, 0.05) is 24.2 Å². The molecule has 0 fully saturated rings. The second kappa shape index (κ2) is 6.38. The Morgan fingerprint density at radius 2 is 2.06 bits per heavy atom. The van der Waals surface area contributed by atoms with Gasteiger partial charge in [-0.05, 0) is 35.6 Å². The Kier molecular flexibility index (Phi) is 5.43. The van der Waals surface area contributed by atoms with E-state index in [2.05, 4.69) is 35.1 Å². The largest absolute Gasteiger partial charge is 0.508 e. The molecule has 1 aromatic carbocycles. The van der Waals surface area contributed by atoms with Crippen LogP contribution in [-0.2, 0) is 6.54 Å². The van der Waals surface area contributed by atoms with Crippen molar-refractivity contribution in [1.82, 2.24) is 5.32 Å². The summed E-state index contributed by atoms with van der Waals surface area (Å²) >= 11 is 3.45. The van der Waals surface area contributed by atoms with E-state index < -0.39 is 0 Å². The number of phenols is 1. The van der Waals surface area contributed by atoms with Crippen molar-refractivity contribution in [3.8, 4) is 5.75 Å². The van der Waals surface area contributed by atoms with Crippen molar-refractivity contribution in [2.75, 3.05) is 13.2 Å². The minimum atomic E-state index is 0.0814. The molecule has 4 heteroatoms. The lowest BCUT2D eigenvalue weighted by Crippen LogP contribution is -2.29. The average Bonchev–Trinajstić information content (AvgIpc) is 2.23. The first-order valence-corrected chi connectivity index (χ1v) is 6.53. The molecule has 0 saturated heterocycles. The van der Waals surface area contributed by atoms with Crippen LogP contribution in [0.4, 0.5) is 0 Å². The molecule has 0 atom stereocenters. The van der Waals surface area contributed by atoms with Crippen molar-refractivity contribution in [1.29, 1.82) is 0 Å². The molecule has 0 spiro atoms. The van der Waals surface area contributed by atoms with E-state index >= 15 is 0 Å². The van der Waals surface area contributed by atoms with Gasteiger partial charge in [-0.15, -0.1) is 0 Å². The number of hydrogen-bond donors (Lipinski definition) is 3. The number of hydrogen-bond acceptors (Lipinski definition) is 3. The highest BCUT2D eigenvalue weighted by Gasteiger charge is 2.16. The van der Waals surface area contributed by atoms with Crippen molar-refractivity contribution >= 4 is 15.9 Å². The van der Waals surface area contributed by atoms with Crippen molar-refractivity contribution in [3.63, 3.8) is 0 Å². The van der Waals surface area contributed by atoms with Crippen molar-refractivity contribution < 1.29 is 10.2 Å². The summed E-state index contributed by atoms with van der Waals surface area (Å²) in [5.41, 5.74) is 1.11. The molecule has 0 radical (unpaired) electrons. The van der Waals surface area contributed by atoms with Gasteiger partial charge in [0.05, 0.1) is 0 Å². The second-order valence-corrected chi connectivity index (χ2v) is 5.87. The molecule has 3 nitrogen and oxygen atoms in total. The van der Waals surface area contributed by atoms with E-state index in [0.717, 1.165) is 23.0 Å². The number of phenolic OH excluding ortho intramolecular Hbond substituents is 1. The van der Waals surface area contributed by atoms with Crippen molar-refractivity contribution in [3.05, 3.63) is 28.2 Å². The number of aliphatic hydroxyl groups is 1. The first-order chi connectivity index (χ1) is 7.94. The van der Waals surface area contributed by atoms with E-state index in [4.69, 9.17) is 5.11 Å². The maximum absolute atomic E-state index is 9.40. The zero-order valence-corrected chi connectivity index (χ0v) is 11.9. The molecule has 0 heterocycles. The van der Waals surface area contributed by atoms with Crippen LogP contribution in [-0.4, -0.2) is 23.4 Å². The fraction of sp³-hybridized carbons (Fsp3) is 0.538. The molecule has 3 N–H and O–H groups in total. The lowest BCUT2D eigenvalue weighted by Gasteiger charge is -2.24. The lowest BCUT2D eigenvalue weighted by atomic mass is 9.90. The average molecular weight is 302 g/mol. The normalized spacial score (nSPS) is 11.8. The summed E-state index contributed by atoms with van der Waals surface area (Å²) in [5.74, 6) is 0.277. The third-order valence-corrected chi connectivity index (χ3v) is 3.51. The molecule has 1 rings (SSSR count). The SMILES string of the molecule is CC(C)(CCO)CNCc1cc(O)ccc1Br. The van der Waals surface area contributed by atoms with Crippen LogP contribution in [0.5, 0.6) is 5.75 Å². The maximum atomic E-state index is 9.40. The number of aromatic hydroxyl groups is 1. The van der Waals surface area contributed by atoms with E-state index in [-0.39, 0.29) is 17.8 Å². The van der Waals surface area contributed by atoms with Crippen LogP contribution in [0.2, 0.25) is 0 Å². The predicted octanol–water partition coefficient (Wildman–Crippen LogP) is 2.65. The number of aliphatic hydroxyl groups excluding tert-OH is 1. The van der Waals surface area contributed by atoms with Gasteiger partial charge in [0.1, 0.15) is 5.75 Å². The Bertz CT molecular complexity index is 366. The van der Waals surface area contributed by atoms with Gasteiger partial charge in [0.2, 0.25) is 0 Å². The van der Waals surface area contributed by atoms with Gasteiger partial charge in [-0.1, -0.05) is 29.8 Å². The maximum Gasteiger partial charge on any atom is 0.115 e. The number of benzene rings is 1. The van der Waals surface area contributed by atoms with Gasteiger partial charge >= 0.3 is 0 Å². The van der Waals surface area contributed by atoms with Crippen LogP contribution in [0, 0.1) is 5.41 Å². The quantitative estimate of drug-likeness (QED) is 0.757. The number of nitrogens with one attached hydrogen (secondary N) is 1.